The molecular formula is C16H10FNO3. The highest BCUT2D eigenvalue weighted by Crippen LogP contribution is 2.02. The first-order valence-corrected chi connectivity index (χ1v) is 5.81. The lowest BCUT2D eigenvalue weighted by molar-refractivity contribution is -0.191. The third kappa shape index (κ3) is 5.60. The second-order valence-corrected chi connectivity index (χ2v) is 3.83. The molecule has 1 aromatic heterocycles. The van der Waals surface area contributed by atoms with Gasteiger partial charge in [-0.15, -0.1) is 0 Å². The predicted octanol–water partition coefficient (Wildman–Crippen LogP) is 2.18. The van der Waals surface area contributed by atoms with Gasteiger partial charge in [0.15, 0.2) is 0 Å². The van der Waals surface area contributed by atoms with Crippen LogP contribution in [-0.2, 0) is 9.59 Å². The SMILES string of the molecule is Cc1cccc(C(=O)C#Cc2ccc(F)cc2)n1.O=C=O. The van der Waals surface area contributed by atoms with E-state index in [-0.39, 0.29) is 17.8 Å². The largest absolute Gasteiger partial charge is 0.373 e. The third-order valence-electron chi connectivity index (χ3n) is 2.29. The van der Waals surface area contributed by atoms with E-state index in [0.717, 1.165) is 5.69 Å². The number of halogens is 1. The zero-order valence-corrected chi connectivity index (χ0v) is 11.1. The number of hydrogen-bond donors (Lipinski definition) is 0. The van der Waals surface area contributed by atoms with Crippen molar-refractivity contribution >= 4 is 11.9 Å². The summed E-state index contributed by atoms with van der Waals surface area (Å²) in [6.45, 7) is 1.81. The maximum atomic E-state index is 12.7. The molecule has 0 aliphatic heterocycles. The Bertz CT molecular complexity index is 721. The van der Waals surface area contributed by atoms with Gasteiger partial charge in [-0.05, 0) is 49.2 Å². The Kier molecular flexibility index (Phi) is 6.20. The second-order valence-electron chi connectivity index (χ2n) is 3.83. The lowest BCUT2D eigenvalue weighted by Crippen LogP contribution is -1.99. The van der Waals surface area contributed by atoms with Crippen molar-refractivity contribution in [3.8, 4) is 11.8 Å². The van der Waals surface area contributed by atoms with Gasteiger partial charge < -0.3 is 0 Å². The molecule has 2 rings (SSSR count). The van der Waals surface area contributed by atoms with Crippen LogP contribution in [0.3, 0.4) is 0 Å². The molecule has 0 saturated carbocycles. The molecule has 0 aliphatic rings. The van der Waals surface area contributed by atoms with Gasteiger partial charge in [0.2, 0.25) is 0 Å². The number of nitrogens with zero attached hydrogens (tertiary/aromatic N) is 1. The van der Waals surface area contributed by atoms with Crippen LogP contribution in [0.25, 0.3) is 0 Å². The van der Waals surface area contributed by atoms with Gasteiger partial charge in [0.05, 0.1) is 0 Å². The number of aryl methyl sites for hydroxylation is 1. The summed E-state index contributed by atoms with van der Waals surface area (Å²) in [5.41, 5.74) is 1.69. The zero-order chi connectivity index (χ0) is 15.7. The summed E-state index contributed by atoms with van der Waals surface area (Å²) >= 11 is 0. The van der Waals surface area contributed by atoms with Crippen LogP contribution < -0.4 is 0 Å². The minimum atomic E-state index is -0.344. The first-order chi connectivity index (χ1) is 10.1. The molecule has 2 aromatic rings. The summed E-state index contributed by atoms with van der Waals surface area (Å²) in [6, 6.07) is 10.9. The first kappa shape index (κ1) is 16.0. The molecule has 0 saturated heterocycles. The van der Waals surface area contributed by atoms with Crippen LogP contribution in [-0.4, -0.2) is 16.9 Å². The molecule has 0 fully saturated rings. The van der Waals surface area contributed by atoms with Crippen molar-refractivity contribution in [1.29, 1.82) is 0 Å². The highest BCUT2D eigenvalue weighted by molar-refractivity contribution is 6.07. The molecule has 0 unspecified atom stereocenters. The molecule has 0 aliphatic carbocycles. The van der Waals surface area contributed by atoms with E-state index in [0.29, 0.717) is 11.3 Å². The number of pyridine rings is 1. The van der Waals surface area contributed by atoms with Gasteiger partial charge in [-0.2, -0.15) is 9.59 Å². The minimum Gasteiger partial charge on any atom is -0.277 e. The Morgan fingerprint density at radius 3 is 2.29 bits per heavy atom. The molecular weight excluding hydrogens is 273 g/mol. The third-order valence-corrected chi connectivity index (χ3v) is 2.29. The highest BCUT2D eigenvalue weighted by atomic mass is 19.1. The number of rotatable bonds is 1. The van der Waals surface area contributed by atoms with Crippen LogP contribution in [0, 0.1) is 24.6 Å². The number of hydrogen-bond acceptors (Lipinski definition) is 4. The fourth-order valence-electron chi connectivity index (χ4n) is 1.40. The van der Waals surface area contributed by atoms with E-state index >= 15 is 0 Å². The van der Waals surface area contributed by atoms with Gasteiger partial charge in [-0.3, -0.25) is 4.79 Å². The average Bonchev–Trinajstić information content (AvgIpc) is 2.47. The van der Waals surface area contributed by atoms with Crippen LogP contribution >= 0.6 is 0 Å². The fourth-order valence-corrected chi connectivity index (χ4v) is 1.40. The smallest absolute Gasteiger partial charge is 0.277 e. The summed E-state index contributed by atoms with van der Waals surface area (Å²) in [6.07, 6.45) is 0.250. The Labute approximate surface area is 120 Å². The average molecular weight is 283 g/mol. The molecule has 0 bridgehead atoms. The minimum absolute atomic E-state index is 0.250. The second kappa shape index (κ2) is 8.16. The monoisotopic (exact) mass is 283 g/mol. The van der Waals surface area contributed by atoms with Gasteiger partial charge in [-0.25, -0.2) is 9.37 Å². The number of carbonyl (C=O) groups is 1. The van der Waals surface area contributed by atoms with Gasteiger partial charge in [0.25, 0.3) is 5.78 Å². The Morgan fingerprint density at radius 2 is 1.71 bits per heavy atom. The maximum Gasteiger partial charge on any atom is 0.373 e. The quantitative estimate of drug-likeness (QED) is 0.594. The van der Waals surface area contributed by atoms with Crippen LogP contribution in [0.1, 0.15) is 21.7 Å². The van der Waals surface area contributed by atoms with E-state index in [1.54, 1.807) is 12.1 Å². The molecule has 21 heavy (non-hydrogen) atoms. The summed E-state index contributed by atoms with van der Waals surface area (Å²) in [7, 11) is 0. The van der Waals surface area contributed by atoms with Crippen LogP contribution in [0.2, 0.25) is 0 Å². The number of carbonyl (C=O) groups excluding carboxylic acids is 3. The summed E-state index contributed by atoms with van der Waals surface area (Å²) in [4.78, 5) is 32.1. The molecule has 1 aromatic carbocycles. The van der Waals surface area contributed by atoms with Crippen LogP contribution in [0.5, 0.6) is 0 Å². The van der Waals surface area contributed by atoms with Crippen molar-refractivity contribution < 1.29 is 18.8 Å². The Balaban J connectivity index is 0.000000677. The number of ketones is 1. The molecule has 4 nitrogen and oxygen atoms in total. The van der Waals surface area contributed by atoms with E-state index in [1.807, 2.05) is 13.0 Å². The summed E-state index contributed by atoms with van der Waals surface area (Å²) < 4.78 is 12.7. The van der Waals surface area contributed by atoms with Crippen molar-refractivity contribution in [2.75, 3.05) is 0 Å². The molecule has 0 N–H and O–H groups in total. The molecule has 0 radical (unpaired) electrons. The highest BCUT2D eigenvalue weighted by Gasteiger charge is 2.02. The van der Waals surface area contributed by atoms with E-state index < -0.39 is 0 Å². The molecule has 104 valence electrons. The van der Waals surface area contributed by atoms with E-state index in [9.17, 15) is 9.18 Å². The number of aromatic nitrogens is 1. The van der Waals surface area contributed by atoms with Gasteiger partial charge in [0, 0.05) is 11.3 Å². The molecule has 1 heterocycles. The molecule has 0 spiro atoms. The van der Waals surface area contributed by atoms with Crippen molar-refractivity contribution in [2.24, 2.45) is 0 Å². The Hall–Kier alpha value is -3.09. The van der Waals surface area contributed by atoms with Gasteiger partial charge in [-0.1, -0.05) is 12.0 Å². The van der Waals surface area contributed by atoms with Crippen molar-refractivity contribution in [1.82, 2.24) is 4.98 Å². The molecule has 5 heteroatoms. The molecule has 0 atom stereocenters. The van der Waals surface area contributed by atoms with Crippen LogP contribution in [0.15, 0.2) is 42.5 Å². The van der Waals surface area contributed by atoms with E-state index in [1.165, 1.54) is 24.3 Å². The Morgan fingerprint density at radius 1 is 1.10 bits per heavy atom. The maximum absolute atomic E-state index is 12.7. The summed E-state index contributed by atoms with van der Waals surface area (Å²) in [5, 5.41) is 0. The topological polar surface area (TPSA) is 64.1 Å². The van der Waals surface area contributed by atoms with Crippen LogP contribution in [0.4, 0.5) is 4.39 Å². The lowest BCUT2D eigenvalue weighted by atomic mass is 10.2. The van der Waals surface area contributed by atoms with Crippen molar-refractivity contribution in [3.05, 3.63) is 65.2 Å². The van der Waals surface area contributed by atoms with Crippen molar-refractivity contribution in [2.45, 2.75) is 6.92 Å². The lowest BCUT2D eigenvalue weighted by Gasteiger charge is -1.94. The van der Waals surface area contributed by atoms with E-state index in [2.05, 4.69) is 16.8 Å². The first-order valence-electron chi connectivity index (χ1n) is 5.81. The normalized spacial score (nSPS) is 8.48. The molecule has 0 amide bonds. The van der Waals surface area contributed by atoms with Crippen molar-refractivity contribution in [3.63, 3.8) is 0 Å². The van der Waals surface area contributed by atoms with Gasteiger partial charge >= 0.3 is 6.15 Å². The van der Waals surface area contributed by atoms with E-state index in [4.69, 9.17) is 9.59 Å². The fraction of sp³-hybridized carbons (Fsp3) is 0.0625. The number of Topliss-reactive ketones (excluding diaryl/α,β-unsaturated/α-hetero) is 1. The zero-order valence-electron chi connectivity index (χ0n) is 11.1. The van der Waals surface area contributed by atoms with Gasteiger partial charge in [0.1, 0.15) is 11.5 Å². The summed E-state index contributed by atoms with van der Waals surface area (Å²) in [5.74, 6) is 4.50. The predicted molar refractivity (Wildman–Crippen MR) is 71.6 cm³/mol. The number of benzene rings is 1. The standard InChI is InChI=1S/C15H10FNO.CO2/c1-11-3-2-4-14(17-11)15(18)10-7-12-5-8-13(16)9-6-12;2-1-3/h2-6,8-9H,1H3;.